The Morgan fingerprint density at radius 3 is 2.68 bits per heavy atom. The van der Waals surface area contributed by atoms with Crippen LogP contribution in [0.25, 0.3) is 0 Å². The van der Waals surface area contributed by atoms with E-state index in [1.165, 1.54) is 13.2 Å². The number of carbonyl (C=O) groups excluding carboxylic acids is 1. The first-order valence-electron chi connectivity index (χ1n) is 5.77. The Balaban J connectivity index is 2.12. The zero-order valence-electron chi connectivity index (χ0n) is 10.5. The van der Waals surface area contributed by atoms with Crippen LogP contribution in [0.1, 0.15) is 15.9 Å². The number of phenolic OH excluding ortho intramolecular Hbond substituents is 1. The minimum atomic E-state index is 0.0999. The lowest BCUT2D eigenvalue weighted by atomic mass is 10.2. The fraction of sp³-hybridized carbons (Fsp3) is 0.133. The second-order valence-electron chi connectivity index (χ2n) is 3.94. The highest BCUT2D eigenvalue weighted by atomic mass is 16.5. The first-order chi connectivity index (χ1) is 9.24. The zero-order valence-corrected chi connectivity index (χ0v) is 10.5. The summed E-state index contributed by atoms with van der Waals surface area (Å²) in [6, 6.07) is 11.9. The second kappa shape index (κ2) is 5.91. The number of rotatable bonds is 5. The molecule has 19 heavy (non-hydrogen) atoms. The number of carbonyl (C=O) groups is 1. The number of ether oxygens (including phenoxy) is 2. The van der Waals surface area contributed by atoms with E-state index in [2.05, 4.69) is 0 Å². The molecule has 0 radical (unpaired) electrons. The van der Waals surface area contributed by atoms with Crippen molar-refractivity contribution >= 4 is 6.29 Å². The summed E-state index contributed by atoms with van der Waals surface area (Å²) in [5.41, 5.74) is 1.11. The average Bonchev–Trinajstić information content (AvgIpc) is 2.46. The zero-order chi connectivity index (χ0) is 13.7. The molecule has 1 N–H and O–H groups in total. The van der Waals surface area contributed by atoms with Crippen LogP contribution in [-0.4, -0.2) is 18.5 Å². The first kappa shape index (κ1) is 13.0. The predicted molar refractivity (Wildman–Crippen MR) is 70.8 cm³/mol. The molecule has 0 saturated heterocycles. The Kier molecular flexibility index (Phi) is 4.03. The normalized spacial score (nSPS) is 9.95. The third kappa shape index (κ3) is 3.04. The van der Waals surface area contributed by atoms with Gasteiger partial charge >= 0.3 is 0 Å². The summed E-state index contributed by atoms with van der Waals surface area (Å²) >= 11 is 0. The number of benzene rings is 2. The minimum Gasteiger partial charge on any atom is -0.507 e. The van der Waals surface area contributed by atoms with Crippen LogP contribution >= 0.6 is 0 Å². The molecular formula is C15H14O4. The molecule has 2 rings (SSSR count). The summed E-state index contributed by atoms with van der Waals surface area (Å²) in [6.07, 6.45) is 0.739. The molecule has 0 fully saturated rings. The van der Waals surface area contributed by atoms with E-state index in [9.17, 15) is 9.90 Å². The molecule has 0 unspecified atom stereocenters. The lowest BCUT2D eigenvalue weighted by molar-refractivity contribution is 0.111. The van der Waals surface area contributed by atoms with Crippen LogP contribution in [0.15, 0.2) is 42.5 Å². The van der Waals surface area contributed by atoms with Crippen LogP contribution in [0, 0.1) is 0 Å². The van der Waals surface area contributed by atoms with E-state index < -0.39 is 0 Å². The lowest BCUT2D eigenvalue weighted by Crippen LogP contribution is -1.98. The Labute approximate surface area is 111 Å². The molecule has 0 aliphatic rings. The molecule has 0 aliphatic heterocycles. The smallest absolute Gasteiger partial charge is 0.153 e. The third-order valence-corrected chi connectivity index (χ3v) is 2.72. The summed E-state index contributed by atoms with van der Waals surface area (Å²) in [6.45, 7) is 0.181. The number of methoxy groups -OCH3 is 1. The van der Waals surface area contributed by atoms with E-state index in [0.29, 0.717) is 22.6 Å². The monoisotopic (exact) mass is 258 g/mol. The van der Waals surface area contributed by atoms with Gasteiger partial charge in [0.15, 0.2) is 6.29 Å². The Hall–Kier alpha value is -2.49. The number of phenols is 1. The van der Waals surface area contributed by atoms with Gasteiger partial charge in [-0.25, -0.2) is 0 Å². The van der Waals surface area contributed by atoms with Gasteiger partial charge in [0.2, 0.25) is 0 Å². The molecule has 4 nitrogen and oxygen atoms in total. The molecule has 0 spiro atoms. The maximum absolute atomic E-state index is 10.8. The summed E-state index contributed by atoms with van der Waals surface area (Å²) < 4.78 is 10.5. The molecule has 0 bridgehead atoms. The summed E-state index contributed by atoms with van der Waals surface area (Å²) in [4.78, 5) is 10.8. The SMILES string of the molecule is COc1ccc(COc2ccccc2C=O)c(O)c1. The van der Waals surface area contributed by atoms with Crippen molar-refractivity contribution in [3.8, 4) is 17.2 Å². The maximum atomic E-state index is 10.8. The second-order valence-corrected chi connectivity index (χ2v) is 3.94. The Bertz CT molecular complexity index is 578. The lowest BCUT2D eigenvalue weighted by Gasteiger charge is -2.10. The standard InChI is InChI=1S/C15H14O4/c1-18-13-7-6-12(14(17)8-13)10-19-15-5-3-2-4-11(15)9-16/h2-9,17H,10H2,1H3. The van der Waals surface area contributed by atoms with Crippen molar-refractivity contribution in [1.82, 2.24) is 0 Å². The van der Waals surface area contributed by atoms with E-state index in [1.807, 2.05) is 0 Å². The van der Waals surface area contributed by atoms with Gasteiger partial charge < -0.3 is 14.6 Å². The van der Waals surface area contributed by atoms with Crippen molar-refractivity contribution in [2.75, 3.05) is 7.11 Å². The molecular weight excluding hydrogens is 244 g/mol. The minimum absolute atomic E-state index is 0.0999. The molecule has 0 heterocycles. The number of para-hydroxylation sites is 1. The van der Waals surface area contributed by atoms with Crippen LogP contribution < -0.4 is 9.47 Å². The molecule has 0 saturated carbocycles. The van der Waals surface area contributed by atoms with Gasteiger partial charge in [-0.1, -0.05) is 12.1 Å². The van der Waals surface area contributed by atoms with Crippen LogP contribution in [0.4, 0.5) is 0 Å². The van der Waals surface area contributed by atoms with E-state index in [4.69, 9.17) is 9.47 Å². The van der Waals surface area contributed by atoms with Crippen molar-refractivity contribution < 1.29 is 19.4 Å². The highest BCUT2D eigenvalue weighted by molar-refractivity contribution is 5.79. The first-order valence-corrected chi connectivity index (χ1v) is 5.77. The fourth-order valence-electron chi connectivity index (χ4n) is 1.66. The molecule has 0 aliphatic carbocycles. The summed E-state index contributed by atoms with van der Waals surface area (Å²) in [5.74, 6) is 1.17. The van der Waals surface area contributed by atoms with E-state index in [-0.39, 0.29) is 12.4 Å². The van der Waals surface area contributed by atoms with Crippen molar-refractivity contribution in [2.45, 2.75) is 6.61 Å². The number of aldehydes is 1. The molecule has 98 valence electrons. The van der Waals surface area contributed by atoms with Crippen LogP contribution in [0.3, 0.4) is 0 Å². The van der Waals surface area contributed by atoms with Gasteiger partial charge in [0.25, 0.3) is 0 Å². The molecule has 2 aromatic carbocycles. The Morgan fingerprint density at radius 2 is 2.00 bits per heavy atom. The summed E-state index contributed by atoms with van der Waals surface area (Å²) in [5, 5.41) is 9.80. The maximum Gasteiger partial charge on any atom is 0.153 e. The quantitative estimate of drug-likeness (QED) is 0.838. The number of hydrogen-bond acceptors (Lipinski definition) is 4. The highest BCUT2D eigenvalue weighted by Gasteiger charge is 2.06. The fourth-order valence-corrected chi connectivity index (χ4v) is 1.66. The van der Waals surface area contributed by atoms with Crippen molar-refractivity contribution in [3.63, 3.8) is 0 Å². The molecule has 0 atom stereocenters. The van der Waals surface area contributed by atoms with E-state index >= 15 is 0 Å². The van der Waals surface area contributed by atoms with Gasteiger partial charge in [-0.3, -0.25) is 4.79 Å². The van der Waals surface area contributed by atoms with Gasteiger partial charge in [0.1, 0.15) is 23.9 Å². The van der Waals surface area contributed by atoms with Crippen LogP contribution in [0.2, 0.25) is 0 Å². The highest BCUT2D eigenvalue weighted by Crippen LogP contribution is 2.25. The summed E-state index contributed by atoms with van der Waals surface area (Å²) in [7, 11) is 1.53. The van der Waals surface area contributed by atoms with Gasteiger partial charge in [0.05, 0.1) is 12.7 Å². The van der Waals surface area contributed by atoms with E-state index in [0.717, 1.165) is 6.29 Å². The van der Waals surface area contributed by atoms with Gasteiger partial charge in [-0.05, 0) is 24.3 Å². The van der Waals surface area contributed by atoms with Crippen molar-refractivity contribution in [1.29, 1.82) is 0 Å². The van der Waals surface area contributed by atoms with Gasteiger partial charge in [-0.2, -0.15) is 0 Å². The van der Waals surface area contributed by atoms with Crippen LogP contribution in [0.5, 0.6) is 17.2 Å². The average molecular weight is 258 g/mol. The topological polar surface area (TPSA) is 55.8 Å². The van der Waals surface area contributed by atoms with Crippen LogP contribution in [-0.2, 0) is 6.61 Å². The van der Waals surface area contributed by atoms with Crippen molar-refractivity contribution in [3.05, 3.63) is 53.6 Å². The number of hydrogen-bond donors (Lipinski definition) is 1. The molecule has 4 heteroatoms. The molecule has 0 amide bonds. The van der Waals surface area contributed by atoms with Gasteiger partial charge in [-0.15, -0.1) is 0 Å². The largest absolute Gasteiger partial charge is 0.507 e. The van der Waals surface area contributed by atoms with Gasteiger partial charge in [0, 0.05) is 11.6 Å². The molecule has 0 aromatic heterocycles. The Morgan fingerprint density at radius 1 is 1.21 bits per heavy atom. The number of aromatic hydroxyl groups is 1. The van der Waals surface area contributed by atoms with E-state index in [1.54, 1.807) is 36.4 Å². The third-order valence-electron chi connectivity index (χ3n) is 2.72. The van der Waals surface area contributed by atoms with Crippen molar-refractivity contribution in [2.24, 2.45) is 0 Å². The molecule has 2 aromatic rings. The predicted octanol–water partition coefficient (Wildman–Crippen LogP) is 2.79.